The van der Waals surface area contributed by atoms with E-state index in [1.54, 1.807) is 0 Å². The van der Waals surface area contributed by atoms with Gasteiger partial charge in [0.15, 0.2) is 0 Å². The Morgan fingerprint density at radius 3 is 2.32 bits per heavy atom. The van der Waals surface area contributed by atoms with Gasteiger partial charge < -0.3 is 10.2 Å². The summed E-state index contributed by atoms with van der Waals surface area (Å²) in [4.78, 5) is 14.5. The first-order chi connectivity index (χ1) is 10.2. The van der Waals surface area contributed by atoms with Crippen molar-refractivity contribution in [3.63, 3.8) is 0 Å². The summed E-state index contributed by atoms with van der Waals surface area (Å²) in [7, 11) is 4.05. The van der Waals surface area contributed by atoms with E-state index in [4.69, 9.17) is 0 Å². The molecule has 1 aliphatic rings. The lowest BCUT2D eigenvalue weighted by Crippen LogP contribution is -2.26. The van der Waals surface area contributed by atoms with E-state index in [0.717, 1.165) is 5.56 Å². The molecule has 0 spiro atoms. The Balaban J connectivity index is 1.92. The van der Waals surface area contributed by atoms with Crippen molar-refractivity contribution in [2.24, 2.45) is 17.3 Å². The van der Waals surface area contributed by atoms with E-state index in [2.05, 4.69) is 68.3 Å². The number of anilines is 1. The van der Waals surface area contributed by atoms with Crippen molar-refractivity contribution in [3.05, 3.63) is 41.5 Å². The first-order valence-corrected chi connectivity index (χ1v) is 7.92. The summed E-state index contributed by atoms with van der Waals surface area (Å²) < 4.78 is 0. The molecule has 2 unspecified atom stereocenters. The fraction of sp³-hybridized carbons (Fsp3) is 0.526. The van der Waals surface area contributed by atoms with Crippen LogP contribution in [0.5, 0.6) is 0 Å². The van der Waals surface area contributed by atoms with Crippen LogP contribution in [0.2, 0.25) is 0 Å². The molecular weight excluding hydrogens is 272 g/mol. The molecule has 0 heterocycles. The smallest absolute Gasteiger partial charge is 0.224 e. The van der Waals surface area contributed by atoms with Gasteiger partial charge in [0.2, 0.25) is 5.91 Å². The van der Waals surface area contributed by atoms with E-state index in [-0.39, 0.29) is 17.2 Å². The van der Waals surface area contributed by atoms with Crippen LogP contribution >= 0.6 is 0 Å². The molecule has 2 rings (SSSR count). The number of amides is 1. The zero-order valence-electron chi connectivity index (χ0n) is 14.6. The van der Waals surface area contributed by atoms with Gasteiger partial charge >= 0.3 is 0 Å². The van der Waals surface area contributed by atoms with Gasteiger partial charge in [0.1, 0.15) is 0 Å². The second-order valence-corrected chi connectivity index (χ2v) is 7.35. The second-order valence-electron chi connectivity index (χ2n) is 7.35. The SMILES string of the molecule is CC(C)=CC1C(C(=O)NCc2ccc(N(C)C)cc2)C1(C)C. The van der Waals surface area contributed by atoms with Crippen molar-refractivity contribution < 1.29 is 4.79 Å². The number of nitrogens with one attached hydrogen (secondary N) is 1. The Kier molecular flexibility index (Phi) is 4.64. The van der Waals surface area contributed by atoms with Gasteiger partial charge in [-0.1, -0.05) is 37.6 Å². The zero-order chi connectivity index (χ0) is 16.5. The number of rotatable bonds is 5. The molecule has 1 N–H and O–H groups in total. The Morgan fingerprint density at radius 2 is 1.82 bits per heavy atom. The molecule has 0 aromatic heterocycles. The molecule has 0 saturated heterocycles. The minimum absolute atomic E-state index is 0.0795. The van der Waals surface area contributed by atoms with Gasteiger partial charge in [-0.05, 0) is 42.9 Å². The molecular formula is C19H28N2O. The van der Waals surface area contributed by atoms with Crippen LogP contribution in [0.25, 0.3) is 0 Å². The maximum absolute atomic E-state index is 12.4. The summed E-state index contributed by atoms with van der Waals surface area (Å²) in [5, 5.41) is 3.09. The number of hydrogen-bond donors (Lipinski definition) is 1. The summed E-state index contributed by atoms with van der Waals surface area (Å²) in [6.45, 7) is 9.13. The minimum atomic E-state index is 0.0795. The van der Waals surface area contributed by atoms with Crippen LogP contribution in [0, 0.1) is 17.3 Å². The minimum Gasteiger partial charge on any atom is -0.378 e. The third-order valence-corrected chi connectivity index (χ3v) is 4.63. The maximum atomic E-state index is 12.4. The molecule has 1 aliphatic carbocycles. The summed E-state index contributed by atoms with van der Waals surface area (Å²) in [6.07, 6.45) is 2.23. The van der Waals surface area contributed by atoms with Gasteiger partial charge in [-0.25, -0.2) is 0 Å². The third-order valence-electron chi connectivity index (χ3n) is 4.63. The lowest BCUT2D eigenvalue weighted by Gasteiger charge is -2.13. The summed E-state index contributed by atoms with van der Waals surface area (Å²) >= 11 is 0. The number of nitrogens with zero attached hydrogens (tertiary/aromatic N) is 1. The topological polar surface area (TPSA) is 32.3 Å². The normalized spacial score (nSPS) is 21.9. The highest BCUT2D eigenvalue weighted by molar-refractivity contribution is 5.83. The fourth-order valence-corrected chi connectivity index (χ4v) is 3.06. The molecule has 0 bridgehead atoms. The molecule has 0 radical (unpaired) electrons. The van der Waals surface area contributed by atoms with Crippen molar-refractivity contribution in [1.82, 2.24) is 5.32 Å². The van der Waals surface area contributed by atoms with Crippen LogP contribution in [-0.2, 0) is 11.3 Å². The van der Waals surface area contributed by atoms with Crippen molar-refractivity contribution in [2.75, 3.05) is 19.0 Å². The molecule has 22 heavy (non-hydrogen) atoms. The van der Waals surface area contributed by atoms with E-state index in [9.17, 15) is 4.79 Å². The van der Waals surface area contributed by atoms with Gasteiger partial charge in [0.05, 0.1) is 5.92 Å². The second kappa shape index (κ2) is 6.15. The van der Waals surface area contributed by atoms with Crippen molar-refractivity contribution >= 4 is 11.6 Å². The van der Waals surface area contributed by atoms with Crippen LogP contribution in [-0.4, -0.2) is 20.0 Å². The standard InChI is InChI=1S/C19H28N2O/c1-13(2)11-16-17(19(16,3)4)18(22)20-12-14-7-9-15(10-8-14)21(5)6/h7-11,16-17H,12H2,1-6H3,(H,20,22). The molecule has 1 amide bonds. The highest BCUT2D eigenvalue weighted by Crippen LogP contribution is 2.59. The van der Waals surface area contributed by atoms with E-state index in [1.165, 1.54) is 11.3 Å². The van der Waals surface area contributed by atoms with Gasteiger partial charge in [-0.15, -0.1) is 0 Å². The number of hydrogen-bond acceptors (Lipinski definition) is 2. The quantitative estimate of drug-likeness (QED) is 0.843. The predicted octanol–water partition coefficient (Wildman–Crippen LogP) is 3.61. The van der Waals surface area contributed by atoms with Gasteiger partial charge in [-0.3, -0.25) is 4.79 Å². The highest BCUT2D eigenvalue weighted by atomic mass is 16.2. The fourth-order valence-electron chi connectivity index (χ4n) is 3.06. The molecule has 3 nitrogen and oxygen atoms in total. The lowest BCUT2D eigenvalue weighted by atomic mass is 10.1. The van der Waals surface area contributed by atoms with E-state index in [0.29, 0.717) is 12.5 Å². The first kappa shape index (κ1) is 16.6. The van der Waals surface area contributed by atoms with Gasteiger partial charge in [0, 0.05) is 26.3 Å². The molecule has 1 fully saturated rings. The van der Waals surface area contributed by atoms with Crippen molar-refractivity contribution in [1.29, 1.82) is 0 Å². The summed E-state index contributed by atoms with van der Waals surface area (Å²) in [6, 6.07) is 8.30. The Labute approximate surface area is 134 Å². The van der Waals surface area contributed by atoms with Gasteiger partial charge in [-0.2, -0.15) is 0 Å². The molecule has 3 heteroatoms. The molecule has 1 saturated carbocycles. The van der Waals surface area contributed by atoms with Crippen LogP contribution in [0.4, 0.5) is 5.69 Å². The van der Waals surface area contributed by atoms with Crippen LogP contribution < -0.4 is 10.2 Å². The van der Waals surface area contributed by atoms with Crippen LogP contribution in [0.3, 0.4) is 0 Å². The van der Waals surface area contributed by atoms with E-state index in [1.807, 2.05) is 14.1 Å². The predicted molar refractivity (Wildman–Crippen MR) is 92.8 cm³/mol. The molecule has 0 aliphatic heterocycles. The summed E-state index contributed by atoms with van der Waals surface area (Å²) in [5.41, 5.74) is 3.67. The molecule has 2 atom stereocenters. The number of benzene rings is 1. The Bertz CT molecular complexity index is 566. The number of carbonyl (C=O) groups excluding carboxylic acids is 1. The molecule has 120 valence electrons. The number of carbonyl (C=O) groups is 1. The summed E-state index contributed by atoms with van der Waals surface area (Å²) in [5.74, 6) is 0.640. The lowest BCUT2D eigenvalue weighted by molar-refractivity contribution is -0.123. The van der Waals surface area contributed by atoms with E-state index < -0.39 is 0 Å². The average Bonchev–Trinajstić information content (AvgIpc) is 2.96. The Hall–Kier alpha value is -1.77. The monoisotopic (exact) mass is 300 g/mol. The van der Waals surface area contributed by atoms with Crippen LogP contribution in [0.1, 0.15) is 33.3 Å². The first-order valence-electron chi connectivity index (χ1n) is 7.92. The maximum Gasteiger partial charge on any atom is 0.224 e. The number of allylic oxidation sites excluding steroid dienone is 2. The zero-order valence-corrected chi connectivity index (χ0v) is 14.6. The molecule has 1 aromatic carbocycles. The van der Waals surface area contributed by atoms with Crippen molar-refractivity contribution in [3.8, 4) is 0 Å². The van der Waals surface area contributed by atoms with Crippen LogP contribution in [0.15, 0.2) is 35.9 Å². The van der Waals surface area contributed by atoms with E-state index >= 15 is 0 Å². The van der Waals surface area contributed by atoms with Gasteiger partial charge in [0.25, 0.3) is 0 Å². The average molecular weight is 300 g/mol. The highest BCUT2D eigenvalue weighted by Gasteiger charge is 2.60. The Morgan fingerprint density at radius 1 is 1.23 bits per heavy atom. The molecule has 1 aromatic rings. The third kappa shape index (κ3) is 3.52. The van der Waals surface area contributed by atoms with Crippen molar-refractivity contribution in [2.45, 2.75) is 34.2 Å². The largest absolute Gasteiger partial charge is 0.378 e.